The number of hydrogen-bond acceptors (Lipinski definition) is 3. The summed E-state index contributed by atoms with van der Waals surface area (Å²) in [6, 6.07) is 8.27. The van der Waals surface area contributed by atoms with Crippen LogP contribution in [0.1, 0.15) is 18.2 Å². The number of benzene rings is 1. The SMILES string of the molecule is CCc1ccc(-c2ocnc2CN)cc1. The normalized spacial score (nSPS) is 10.5. The summed E-state index contributed by atoms with van der Waals surface area (Å²) >= 11 is 0. The summed E-state index contributed by atoms with van der Waals surface area (Å²) < 4.78 is 5.32. The van der Waals surface area contributed by atoms with Crippen molar-refractivity contribution < 1.29 is 4.42 Å². The Hall–Kier alpha value is -1.61. The lowest BCUT2D eigenvalue weighted by Gasteiger charge is -2.00. The number of nitrogens with zero attached hydrogens (tertiary/aromatic N) is 1. The van der Waals surface area contributed by atoms with Crippen LogP contribution >= 0.6 is 0 Å². The van der Waals surface area contributed by atoms with Gasteiger partial charge in [0, 0.05) is 12.1 Å². The van der Waals surface area contributed by atoms with Crippen LogP contribution in [-0.2, 0) is 13.0 Å². The summed E-state index contributed by atoms with van der Waals surface area (Å²) in [4.78, 5) is 4.06. The molecule has 0 saturated carbocycles. The van der Waals surface area contributed by atoms with Crippen LogP contribution in [0.2, 0.25) is 0 Å². The molecule has 3 heteroatoms. The van der Waals surface area contributed by atoms with Gasteiger partial charge in [-0.15, -0.1) is 0 Å². The smallest absolute Gasteiger partial charge is 0.181 e. The summed E-state index contributed by atoms with van der Waals surface area (Å²) in [6.45, 7) is 2.54. The molecule has 0 amide bonds. The number of hydrogen-bond donors (Lipinski definition) is 1. The van der Waals surface area contributed by atoms with Crippen molar-refractivity contribution in [3.8, 4) is 11.3 Å². The lowest BCUT2D eigenvalue weighted by atomic mass is 10.1. The van der Waals surface area contributed by atoms with Gasteiger partial charge in [-0.05, 0) is 12.0 Å². The van der Waals surface area contributed by atoms with Gasteiger partial charge in [0.1, 0.15) is 5.69 Å². The third-order valence-corrected chi connectivity index (χ3v) is 2.46. The van der Waals surface area contributed by atoms with Gasteiger partial charge in [-0.1, -0.05) is 31.2 Å². The highest BCUT2D eigenvalue weighted by atomic mass is 16.3. The van der Waals surface area contributed by atoms with E-state index in [1.54, 1.807) is 0 Å². The van der Waals surface area contributed by atoms with E-state index in [1.807, 2.05) is 12.1 Å². The number of nitrogens with two attached hydrogens (primary N) is 1. The average Bonchev–Trinajstić information content (AvgIpc) is 2.77. The Morgan fingerprint density at radius 2 is 2.00 bits per heavy atom. The van der Waals surface area contributed by atoms with E-state index >= 15 is 0 Å². The van der Waals surface area contributed by atoms with E-state index in [-0.39, 0.29) is 0 Å². The van der Waals surface area contributed by atoms with E-state index < -0.39 is 0 Å². The van der Waals surface area contributed by atoms with Gasteiger partial charge < -0.3 is 10.2 Å². The number of aryl methyl sites for hydroxylation is 1. The molecule has 0 radical (unpaired) electrons. The van der Waals surface area contributed by atoms with E-state index in [9.17, 15) is 0 Å². The molecule has 3 nitrogen and oxygen atoms in total. The molecule has 1 heterocycles. The topological polar surface area (TPSA) is 52.0 Å². The molecule has 2 aromatic rings. The van der Waals surface area contributed by atoms with Crippen LogP contribution in [0.5, 0.6) is 0 Å². The molecule has 2 rings (SSSR count). The summed E-state index contributed by atoms with van der Waals surface area (Å²) in [5.74, 6) is 0.778. The second-order valence-electron chi connectivity index (χ2n) is 3.38. The zero-order chi connectivity index (χ0) is 10.7. The minimum atomic E-state index is 0.404. The highest BCUT2D eigenvalue weighted by Gasteiger charge is 2.08. The average molecular weight is 202 g/mol. The Labute approximate surface area is 88.9 Å². The van der Waals surface area contributed by atoms with Crippen LogP contribution in [0.25, 0.3) is 11.3 Å². The maximum Gasteiger partial charge on any atom is 0.181 e. The molecule has 0 spiro atoms. The van der Waals surface area contributed by atoms with Gasteiger partial charge in [-0.2, -0.15) is 0 Å². The molecule has 0 aliphatic heterocycles. The molecular formula is C12H14N2O. The Kier molecular flexibility index (Phi) is 2.83. The van der Waals surface area contributed by atoms with Gasteiger partial charge in [0.05, 0.1) is 0 Å². The number of oxazole rings is 1. The van der Waals surface area contributed by atoms with Gasteiger partial charge >= 0.3 is 0 Å². The summed E-state index contributed by atoms with van der Waals surface area (Å²) in [6.07, 6.45) is 2.48. The monoisotopic (exact) mass is 202 g/mol. The standard InChI is InChI=1S/C12H14N2O/c1-2-9-3-5-10(6-4-9)12-11(7-13)14-8-15-12/h3-6,8H,2,7,13H2,1H3. The van der Waals surface area contributed by atoms with E-state index in [0.29, 0.717) is 6.54 Å². The van der Waals surface area contributed by atoms with E-state index in [0.717, 1.165) is 23.4 Å². The van der Waals surface area contributed by atoms with Crippen LogP contribution in [0.3, 0.4) is 0 Å². The van der Waals surface area contributed by atoms with Crippen molar-refractivity contribution in [1.29, 1.82) is 0 Å². The fourth-order valence-electron chi connectivity index (χ4n) is 1.54. The minimum absolute atomic E-state index is 0.404. The molecule has 0 aliphatic carbocycles. The zero-order valence-electron chi connectivity index (χ0n) is 8.73. The molecule has 0 fully saturated rings. The molecule has 78 valence electrons. The van der Waals surface area contributed by atoms with Crippen LogP contribution < -0.4 is 5.73 Å². The predicted molar refractivity (Wildman–Crippen MR) is 59.2 cm³/mol. The van der Waals surface area contributed by atoms with Crippen molar-refractivity contribution in [3.63, 3.8) is 0 Å². The van der Waals surface area contributed by atoms with Gasteiger partial charge in [0.25, 0.3) is 0 Å². The third kappa shape index (κ3) is 1.92. The Bertz CT molecular complexity index is 431. The first-order chi connectivity index (χ1) is 7.35. The summed E-state index contributed by atoms with van der Waals surface area (Å²) in [5.41, 5.74) is 8.72. The Morgan fingerprint density at radius 1 is 1.27 bits per heavy atom. The number of aromatic nitrogens is 1. The zero-order valence-corrected chi connectivity index (χ0v) is 8.73. The molecule has 0 atom stereocenters. The first-order valence-electron chi connectivity index (χ1n) is 5.07. The van der Waals surface area contributed by atoms with Crippen molar-refractivity contribution in [3.05, 3.63) is 41.9 Å². The highest BCUT2D eigenvalue weighted by molar-refractivity contribution is 5.59. The molecule has 2 N–H and O–H groups in total. The van der Waals surface area contributed by atoms with Crippen LogP contribution in [-0.4, -0.2) is 4.98 Å². The quantitative estimate of drug-likeness (QED) is 0.831. The van der Waals surface area contributed by atoms with Gasteiger partial charge in [-0.3, -0.25) is 0 Å². The largest absolute Gasteiger partial charge is 0.443 e. The molecule has 15 heavy (non-hydrogen) atoms. The second-order valence-corrected chi connectivity index (χ2v) is 3.38. The van der Waals surface area contributed by atoms with Crippen molar-refractivity contribution in [2.75, 3.05) is 0 Å². The fourth-order valence-corrected chi connectivity index (χ4v) is 1.54. The van der Waals surface area contributed by atoms with E-state index in [1.165, 1.54) is 12.0 Å². The number of rotatable bonds is 3. The van der Waals surface area contributed by atoms with Crippen molar-refractivity contribution in [2.45, 2.75) is 19.9 Å². The van der Waals surface area contributed by atoms with Crippen molar-refractivity contribution >= 4 is 0 Å². The maximum atomic E-state index is 5.57. The first-order valence-corrected chi connectivity index (χ1v) is 5.07. The van der Waals surface area contributed by atoms with Gasteiger partial charge in [-0.25, -0.2) is 4.98 Å². The minimum Gasteiger partial charge on any atom is -0.443 e. The van der Waals surface area contributed by atoms with Gasteiger partial charge in [0.2, 0.25) is 0 Å². The molecule has 0 unspecified atom stereocenters. The molecule has 1 aromatic carbocycles. The van der Waals surface area contributed by atoms with E-state index in [4.69, 9.17) is 10.2 Å². The van der Waals surface area contributed by atoms with Crippen molar-refractivity contribution in [1.82, 2.24) is 4.98 Å². The molecule has 1 aromatic heterocycles. The van der Waals surface area contributed by atoms with Gasteiger partial charge in [0.15, 0.2) is 12.2 Å². The third-order valence-electron chi connectivity index (χ3n) is 2.46. The highest BCUT2D eigenvalue weighted by Crippen LogP contribution is 2.23. The Balaban J connectivity index is 2.37. The lowest BCUT2D eigenvalue weighted by Crippen LogP contribution is -1.98. The maximum absolute atomic E-state index is 5.57. The van der Waals surface area contributed by atoms with Crippen LogP contribution in [0, 0.1) is 0 Å². The lowest BCUT2D eigenvalue weighted by molar-refractivity contribution is 0.571. The Morgan fingerprint density at radius 3 is 2.60 bits per heavy atom. The fraction of sp³-hybridized carbons (Fsp3) is 0.250. The molecule has 0 bridgehead atoms. The predicted octanol–water partition coefficient (Wildman–Crippen LogP) is 2.36. The summed E-state index contributed by atoms with van der Waals surface area (Å²) in [7, 11) is 0. The summed E-state index contributed by atoms with van der Waals surface area (Å²) in [5, 5.41) is 0. The molecular weight excluding hydrogens is 188 g/mol. The second kappa shape index (κ2) is 4.28. The van der Waals surface area contributed by atoms with Crippen LogP contribution in [0.4, 0.5) is 0 Å². The molecule has 0 aliphatic rings. The molecule has 0 saturated heterocycles. The first kappa shape index (κ1) is 9.93. The van der Waals surface area contributed by atoms with Crippen molar-refractivity contribution in [2.24, 2.45) is 5.73 Å². The van der Waals surface area contributed by atoms with Crippen LogP contribution in [0.15, 0.2) is 35.1 Å². The van der Waals surface area contributed by atoms with E-state index in [2.05, 4.69) is 24.0 Å².